The van der Waals surface area contributed by atoms with E-state index in [4.69, 9.17) is 10.8 Å². The number of nitrogens with two attached hydrogens (primary N) is 1. The maximum absolute atomic E-state index is 10.3. The molecule has 0 aromatic heterocycles. The number of aliphatic carboxylic acids is 1. The Hall–Kier alpha value is 0.299. The molecule has 0 aliphatic rings. The van der Waals surface area contributed by atoms with E-state index >= 15 is 0 Å². The molecular formula is C4H9NO2SSe. The first-order valence-corrected chi connectivity index (χ1v) is 5.45. The van der Waals surface area contributed by atoms with Gasteiger partial charge in [-0.15, -0.1) is 0 Å². The Morgan fingerprint density at radius 3 is 2.44 bits per heavy atom. The van der Waals surface area contributed by atoms with Gasteiger partial charge in [0.15, 0.2) is 0 Å². The van der Waals surface area contributed by atoms with Crippen LogP contribution in [-0.2, 0) is 4.79 Å². The number of hydrogen-bond acceptors (Lipinski definition) is 3. The summed E-state index contributed by atoms with van der Waals surface area (Å²) in [6, 6.07) is 0. The Kier molecular flexibility index (Phi) is 3.58. The van der Waals surface area contributed by atoms with E-state index in [0.717, 1.165) is 0 Å². The van der Waals surface area contributed by atoms with Gasteiger partial charge in [-0.2, -0.15) is 0 Å². The van der Waals surface area contributed by atoms with Crippen LogP contribution in [0, 0.1) is 0 Å². The number of carboxylic acid groups (broad SMARTS) is 1. The van der Waals surface area contributed by atoms with Crippen molar-refractivity contribution < 1.29 is 9.90 Å². The summed E-state index contributed by atoms with van der Waals surface area (Å²) >= 11 is 3.73. The third-order valence-electron chi connectivity index (χ3n) is 0.961. The quantitative estimate of drug-likeness (QED) is 0.434. The van der Waals surface area contributed by atoms with Gasteiger partial charge < -0.3 is 0 Å². The summed E-state index contributed by atoms with van der Waals surface area (Å²) in [6.45, 7) is 0. The van der Waals surface area contributed by atoms with Crippen LogP contribution in [0.3, 0.4) is 0 Å². The molecule has 0 heterocycles. The Morgan fingerprint density at radius 1 is 2.00 bits per heavy atom. The zero-order valence-corrected chi connectivity index (χ0v) is 7.60. The van der Waals surface area contributed by atoms with Crippen LogP contribution >= 0.6 is 12.6 Å². The summed E-state index contributed by atoms with van der Waals surface area (Å²) < 4.78 is -1.07. The third-order valence-corrected chi connectivity index (χ3v) is 4.14. The van der Waals surface area contributed by atoms with Crippen LogP contribution in [0.4, 0.5) is 0 Å². The number of carboxylic acids is 1. The van der Waals surface area contributed by atoms with Gasteiger partial charge >= 0.3 is 65.2 Å². The molecule has 3 nitrogen and oxygen atoms in total. The molecule has 0 rings (SSSR count). The van der Waals surface area contributed by atoms with Gasteiger partial charge in [-0.25, -0.2) is 0 Å². The second-order valence-electron chi connectivity index (χ2n) is 1.56. The minimum absolute atomic E-state index is 0.0966. The van der Waals surface area contributed by atoms with E-state index in [1.54, 1.807) is 5.82 Å². The van der Waals surface area contributed by atoms with Crippen molar-refractivity contribution in [2.75, 3.05) is 5.75 Å². The van der Waals surface area contributed by atoms with Crippen LogP contribution in [0.25, 0.3) is 0 Å². The van der Waals surface area contributed by atoms with E-state index in [2.05, 4.69) is 12.6 Å². The van der Waals surface area contributed by atoms with E-state index in [-0.39, 0.29) is 20.7 Å². The van der Waals surface area contributed by atoms with Crippen LogP contribution in [-0.4, -0.2) is 36.2 Å². The normalized spacial score (nSPS) is 16.8. The monoisotopic (exact) mass is 215 g/mol. The van der Waals surface area contributed by atoms with Crippen LogP contribution < -0.4 is 5.73 Å². The summed E-state index contributed by atoms with van der Waals surface area (Å²) in [5.41, 5.74) is 5.39. The predicted octanol–water partition coefficient (Wildman–Crippen LogP) is -0.592. The maximum atomic E-state index is 10.3. The van der Waals surface area contributed by atoms with Crippen molar-refractivity contribution in [2.24, 2.45) is 5.73 Å². The van der Waals surface area contributed by atoms with E-state index in [1.165, 1.54) is 0 Å². The van der Waals surface area contributed by atoms with Crippen LogP contribution in [0.15, 0.2) is 0 Å². The van der Waals surface area contributed by atoms with Crippen LogP contribution in [0.5, 0.6) is 0 Å². The zero-order valence-electron chi connectivity index (χ0n) is 5.00. The van der Waals surface area contributed by atoms with Crippen molar-refractivity contribution in [3.63, 3.8) is 0 Å². The first-order valence-electron chi connectivity index (χ1n) is 2.25. The molecule has 0 aromatic rings. The molecule has 5 heteroatoms. The molecule has 0 amide bonds. The first-order chi connectivity index (χ1) is 4.06. The Labute approximate surface area is 65.6 Å². The molecule has 0 spiro atoms. The SMILES string of the molecule is C[Se]C(N)(CS)C(=O)O. The topological polar surface area (TPSA) is 63.3 Å². The minimum atomic E-state index is -1.07. The van der Waals surface area contributed by atoms with Gasteiger partial charge in [-0.1, -0.05) is 0 Å². The van der Waals surface area contributed by atoms with Gasteiger partial charge in [0.1, 0.15) is 0 Å². The molecule has 0 aliphatic carbocycles. The number of carbonyl (C=O) groups is 1. The van der Waals surface area contributed by atoms with E-state index in [0.29, 0.717) is 0 Å². The summed E-state index contributed by atoms with van der Waals surface area (Å²) in [5, 5.41) is 8.47. The molecular weight excluding hydrogens is 205 g/mol. The summed E-state index contributed by atoms with van der Waals surface area (Å²) in [7, 11) is 0. The molecule has 1 unspecified atom stereocenters. The van der Waals surface area contributed by atoms with Crippen molar-refractivity contribution in [1.82, 2.24) is 0 Å². The fourth-order valence-electron chi connectivity index (χ4n) is 0.219. The van der Waals surface area contributed by atoms with Gasteiger partial charge in [-0.3, -0.25) is 0 Å². The second kappa shape index (κ2) is 3.46. The molecule has 0 aromatic carbocycles. The number of rotatable bonds is 3. The van der Waals surface area contributed by atoms with Crippen molar-refractivity contribution in [3.8, 4) is 0 Å². The van der Waals surface area contributed by atoms with Crippen LogP contribution in [0.1, 0.15) is 0 Å². The zero-order chi connectivity index (χ0) is 7.49. The van der Waals surface area contributed by atoms with Gasteiger partial charge in [-0.05, 0) is 0 Å². The van der Waals surface area contributed by atoms with Crippen molar-refractivity contribution in [1.29, 1.82) is 0 Å². The Balaban J connectivity index is 4.09. The number of hydrogen-bond donors (Lipinski definition) is 3. The average molecular weight is 214 g/mol. The summed E-state index contributed by atoms with van der Waals surface area (Å²) in [5.74, 6) is 1.04. The van der Waals surface area contributed by atoms with Crippen molar-refractivity contribution in [2.45, 2.75) is 10.3 Å². The first kappa shape index (κ1) is 9.30. The second-order valence-corrected chi connectivity index (χ2v) is 4.26. The Bertz CT molecular complexity index is 115. The third kappa shape index (κ3) is 2.18. The van der Waals surface area contributed by atoms with E-state index < -0.39 is 10.4 Å². The molecule has 54 valence electrons. The van der Waals surface area contributed by atoms with Gasteiger partial charge in [0, 0.05) is 0 Å². The molecule has 1 atom stereocenters. The van der Waals surface area contributed by atoms with E-state index in [9.17, 15) is 4.79 Å². The fraction of sp³-hybridized carbons (Fsp3) is 0.750. The Morgan fingerprint density at radius 2 is 2.44 bits per heavy atom. The average Bonchev–Trinajstić information content (AvgIpc) is 1.86. The molecule has 0 radical (unpaired) electrons. The molecule has 0 saturated carbocycles. The number of thiol groups is 1. The van der Waals surface area contributed by atoms with E-state index in [1.807, 2.05) is 0 Å². The van der Waals surface area contributed by atoms with Gasteiger partial charge in [0.25, 0.3) is 0 Å². The van der Waals surface area contributed by atoms with Crippen molar-refractivity contribution in [3.05, 3.63) is 0 Å². The summed E-state index contributed by atoms with van der Waals surface area (Å²) in [6.07, 6.45) is 0. The molecule has 3 N–H and O–H groups in total. The molecule has 9 heavy (non-hydrogen) atoms. The van der Waals surface area contributed by atoms with Gasteiger partial charge in [0.05, 0.1) is 0 Å². The molecule has 0 saturated heterocycles. The molecule has 0 bridgehead atoms. The summed E-state index contributed by atoms with van der Waals surface area (Å²) in [4.78, 5) is 10.3. The van der Waals surface area contributed by atoms with Gasteiger partial charge in [0.2, 0.25) is 0 Å². The molecule has 0 fully saturated rings. The fourth-order valence-corrected chi connectivity index (χ4v) is 1.66. The predicted molar refractivity (Wildman–Crippen MR) is 40.0 cm³/mol. The van der Waals surface area contributed by atoms with Crippen molar-refractivity contribution >= 4 is 33.6 Å². The molecule has 0 aliphatic heterocycles. The standard InChI is InChI=1S/C4H9NO2SSe/c1-9-4(5,2-8)3(6)7/h8H,2,5H2,1H3,(H,6,7). The van der Waals surface area contributed by atoms with Crippen LogP contribution in [0.2, 0.25) is 5.82 Å².